The molecular weight excluding hydrogens is 396 g/mol. The summed E-state index contributed by atoms with van der Waals surface area (Å²) in [5, 5.41) is 0. The van der Waals surface area contributed by atoms with Crippen molar-refractivity contribution < 1.29 is 0 Å². The van der Waals surface area contributed by atoms with E-state index >= 15 is 0 Å². The fraction of sp³-hybridized carbons (Fsp3) is 0.0303. The minimum atomic E-state index is 0.181. The SMILES string of the molecule is C=C/C=C\C=C\C(=C1c2ccccc2-c2ccccc21)C1c2ccccc2-c2ccccc21. The zero-order chi connectivity index (χ0) is 22.2. The highest BCUT2D eigenvalue weighted by atomic mass is 14.4. The lowest BCUT2D eigenvalue weighted by molar-refractivity contribution is 1.02. The van der Waals surface area contributed by atoms with Gasteiger partial charge in [0.25, 0.3) is 0 Å². The van der Waals surface area contributed by atoms with Crippen molar-refractivity contribution in [3.63, 3.8) is 0 Å². The van der Waals surface area contributed by atoms with Gasteiger partial charge in [-0.25, -0.2) is 0 Å². The first-order valence-electron chi connectivity index (χ1n) is 11.5. The molecule has 2 aliphatic carbocycles. The van der Waals surface area contributed by atoms with Crippen molar-refractivity contribution in [2.24, 2.45) is 0 Å². The number of hydrogen-bond acceptors (Lipinski definition) is 0. The average molecular weight is 421 g/mol. The minimum absolute atomic E-state index is 0.181. The largest absolute Gasteiger partial charge is 0.0991 e. The summed E-state index contributed by atoms with van der Waals surface area (Å²) in [6, 6.07) is 35.3. The van der Waals surface area contributed by atoms with Crippen LogP contribution in [0.25, 0.3) is 27.8 Å². The third kappa shape index (κ3) is 3.07. The quantitative estimate of drug-likeness (QED) is 0.255. The average Bonchev–Trinajstić information content (AvgIpc) is 3.38. The second-order valence-electron chi connectivity index (χ2n) is 8.51. The van der Waals surface area contributed by atoms with Gasteiger partial charge in [0.15, 0.2) is 0 Å². The third-order valence-electron chi connectivity index (χ3n) is 6.75. The Kier molecular flexibility index (Phi) is 4.78. The van der Waals surface area contributed by atoms with E-state index in [4.69, 9.17) is 0 Å². The summed E-state index contributed by atoms with van der Waals surface area (Å²) in [7, 11) is 0. The Morgan fingerprint density at radius 1 is 0.515 bits per heavy atom. The van der Waals surface area contributed by atoms with E-state index in [9.17, 15) is 0 Å². The van der Waals surface area contributed by atoms with E-state index in [1.54, 1.807) is 0 Å². The minimum Gasteiger partial charge on any atom is -0.0991 e. The molecule has 0 saturated carbocycles. The number of rotatable bonds is 4. The summed E-state index contributed by atoms with van der Waals surface area (Å²) >= 11 is 0. The lowest BCUT2D eigenvalue weighted by atomic mass is 9.83. The van der Waals surface area contributed by atoms with Crippen molar-refractivity contribution in [2.75, 3.05) is 0 Å². The maximum absolute atomic E-state index is 3.82. The van der Waals surface area contributed by atoms with Crippen LogP contribution in [0.1, 0.15) is 28.2 Å². The molecule has 6 rings (SSSR count). The second kappa shape index (κ2) is 8.07. The predicted octanol–water partition coefficient (Wildman–Crippen LogP) is 8.58. The summed E-state index contributed by atoms with van der Waals surface area (Å²) in [5.41, 5.74) is 13.4. The van der Waals surface area contributed by atoms with Crippen LogP contribution in [0.4, 0.5) is 0 Å². The zero-order valence-corrected chi connectivity index (χ0v) is 18.4. The molecule has 0 bridgehead atoms. The standard InChI is InChI=1S/C33H24/c1-2-3-4-5-22-31(32-27-18-10-6-14-23(27)24-15-7-11-19-28(24)32)33-29-20-12-8-16-25(29)26-17-9-13-21-30(26)33/h2-22,32H,1H2/b4-3-,22-5+. The first-order chi connectivity index (χ1) is 16.4. The van der Waals surface area contributed by atoms with Crippen molar-refractivity contribution in [3.8, 4) is 22.3 Å². The van der Waals surface area contributed by atoms with Crippen LogP contribution in [0.15, 0.2) is 140 Å². The molecule has 4 aromatic carbocycles. The summed E-state index contributed by atoms with van der Waals surface area (Å²) in [6.45, 7) is 3.82. The van der Waals surface area contributed by atoms with Crippen LogP contribution >= 0.6 is 0 Å². The number of allylic oxidation sites excluding steroid dienone is 6. The molecule has 0 saturated heterocycles. The first-order valence-corrected chi connectivity index (χ1v) is 11.5. The number of hydrogen-bond donors (Lipinski definition) is 0. The Morgan fingerprint density at radius 3 is 1.48 bits per heavy atom. The molecule has 0 nitrogen and oxygen atoms in total. The fourth-order valence-electron chi connectivity index (χ4n) is 5.44. The van der Waals surface area contributed by atoms with E-state index < -0.39 is 0 Å². The smallest absolute Gasteiger partial charge is 0.0358 e. The van der Waals surface area contributed by atoms with E-state index in [0.29, 0.717) is 0 Å². The van der Waals surface area contributed by atoms with Crippen molar-refractivity contribution in [3.05, 3.63) is 162 Å². The van der Waals surface area contributed by atoms with E-state index in [2.05, 4.69) is 122 Å². The van der Waals surface area contributed by atoms with Crippen LogP contribution in [0.2, 0.25) is 0 Å². The maximum Gasteiger partial charge on any atom is 0.0358 e. The molecule has 0 atom stereocenters. The zero-order valence-electron chi connectivity index (χ0n) is 18.4. The van der Waals surface area contributed by atoms with Gasteiger partial charge in [-0.3, -0.25) is 0 Å². The summed E-state index contributed by atoms with van der Waals surface area (Å²) in [4.78, 5) is 0. The van der Waals surface area contributed by atoms with E-state index in [-0.39, 0.29) is 5.92 Å². The van der Waals surface area contributed by atoms with Gasteiger partial charge in [-0.05, 0) is 55.7 Å². The molecule has 156 valence electrons. The van der Waals surface area contributed by atoms with Crippen LogP contribution < -0.4 is 0 Å². The highest BCUT2D eigenvalue weighted by Gasteiger charge is 2.34. The second-order valence-corrected chi connectivity index (χ2v) is 8.51. The molecule has 0 N–H and O–H groups in total. The van der Waals surface area contributed by atoms with Gasteiger partial charge in [0, 0.05) is 5.92 Å². The lowest BCUT2D eigenvalue weighted by Gasteiger charge is -2.20. The molecule has 4 aromatic rings. The molecule has 0 spiro atoms. The predicted molar refractivity (Wildman–Crippen MR) is 140 cm³/mol. The van der Waals surface area contributed by atoms with Crippen molar-refractivity contribution in [1.29, 1.82) is 0 Å². The third-order valence-corrected chi connectivity index (χ3v) is 6.75. The Hall–Kier alpha value is -4.16. The van der Waals surface area contributed by atoms with Gasteiger partial charge in [0.05, 0.1) is 0 Å². The van der Waals surface area contributed by atoms with Crippen LogP contribution in [-0.4, -0.2) is 0 Å². The molecule has 0 aromatic heterocycles. The van der Waals surface area contributed by atoms with Crippen LogP contribution in [0.3, 0.4) is 0 Å². The van der Waals surface area contributed by atoms with Crippen molar-refractivity contribution in [1.82, 2.24) is 0 Å². The molecule has 0 heterocycles. The van der Waals surface area contributed by atoms with Gasteiger partial charge in [-0.2, -0.15) is 0 Å². The molecule has 0 heteroatoms. The molecular formula is C33H24. The molecule has 0 radical (unpaired) electrons. The van der Waals surface area contributed by atoms with Gasteiger partial charge in [-0.1, -0.05) is 134 Å². The Bertz CT molecular complexity index is 1380. The highest BCUT2D eigenvalue weighted by Crippen LogP contribution is 2.53. The fourth-order valence-corrected chi connectivity index (χ4v) is 5.44. The molecule has 0 unspecified atom stereocenters. The molecule has 0 aliphatic heterocycles. The van der Waals surface area contributed by atoms with Crippen LogP contribution in [0.5, 0.6) is 0 Å². The van der Waals surface area contributed by atoms with Gasteiger partial charge in [-0.15, -0.1) is 0 Å². The van der Waals surface area contributed by atoms with Gasteiger partial charge in [0.2, 0.25) is 0 Å². The number of benzene rings is 4. The van der Waals surface area contributed by atoms with E-state index in [0.717, 1.165) is 0 Å². The number of fused-ring (bicyclic) bond motifs is 6. The normalized spacial score (nSPS) is 13.8. The van der Waals surface area contributed by atoms with E-state index in [1.165, 1.54) is 55.7 Å². The Morgan fingerprint density at radius 2 is 0.970 bits per heavy atom. The monoisotopic (exact) mass is 420 g/mol. The summed E-state index contributed by atoms with van der Waals surface area (Å²) < 4.78 is 0. The van der Waals surface area contributed by atoms with Crippen LogP contribution in [0, 0.1) is 0 Å². The Balaban J connectivity index is 1.69. The summed E-state index contributed by atoms with van der Waals surface area (Å²) in [6.07, 6.45) is 10.3. The molecule has 2 aliphatic rings. The van der Waals surface area contributed by atoms with E-state index in [1.807, 2.05) is 12.2 Å². The first kappa shape index (κ1) is 19.5. The molecule has 0 fully saturated rings. The lowest BCUT2D eigenvalue weighted by Crippen LogP contribution is -2.03. The Labute approximate surface area is 195 Å². The maximum atomic E-state index is 3.82. The van der Waals surface area contributed by atoms with Gasteiger partial charge < -0.3 is 0 Å². The summed E-state index contributed by atoms with van der Waals surface area (Å²) in [5.74, 6) is 0.181. The highest BCUT2D eigenvalue weighted by molar-refractivity contribution is 6.03. The molecule has 33 heavy (non-hydrogen) atoms. The van der Waals surface area contributed by atoms with Crippen molar-refractivity contribution >= 4 is 5.57 Å². The van der Waals surface area contributed by atoms with Gasteiger partial charge in [0.1, 0.15) is 0 Å². The topological polar surface area (TPSA) is 0 Å². The molecule has 0 amide bonds. The van der Waals surface area contributed by atoms with Gasteiger partial charge >= 0.3 is 0 Å². The van der Waals surface area contributed by atoms with Crippen LogP contribution in [-0.2, 0) is 0 Å². The van der Waals surface area contributed by atoms with Crippen molar-refractivity contribution in [2.45, 2.75) is 5.92 Å².